The zero-order valence-corrected chi connectivity index (χ0v) is 14.5. The average molecular weight is 365 g/mol. The molecule has 22 heavy (non-hydrogen) atoms. The van der Waals surface area contributed by atoms with Gasteiger partial charge in [-0.3, -0.25) is 9.69 Å². The van der Waals surface area contributed by atoms with Crippen LogP contribution in [-0.4, -0.2) is 55.7 Å². The normalized spacial score (nSPS) is 23.6. The third-order valence-corrected chi connectivity index (χ3v) is 6.04. The van der Waals surface area contributed by atoms with Crippen LogP contribution in [0.3, 0.4) is 0 Å². The van der Waals surface area contributed by atoms with E-state index in [1.807, 2.05) is 24.1 Å². The number of nitrogens with one attached hydrogen (secondary N) is 1. The fourth-order valence-electron chi connectivity index (χ4n) is 2.39. The number of carbonyl (C=O) groups excluding carboxylic acids is 1. The van der Waals surface area contributed by atoms with Gasteiger partial charge in [0.25, 0.3) is 0 Å². The Balaban J connectivity index is 1.83. The predicted octanol–water partition coefficient (Wildman–Crippen LogP) is 1.29. The summed E-state index contributed by atoms with van der Waals surface area (Å²) in [5.74, 6) is -0.405. The van der Waals surface area contributed by atoms with E-state index in [2.05, 4.69) is 5.32 Å². The summed E-state index contributed by atoms with van der Waals surface area (Å²) in [6.07, 6.45) is 0. The number of carbonyl (C=O) groups is 1. The van der Waals surface area contributed by atoms with Gasteiger partial charge in [-0.1, -0.05) is 23.7 Å². The van der Waals surface area contributed by atoms with Crippen LogP contribution in [0, 0.1) is 0 Å². The molecule has 2 rings (SSSR count). The molecule has 1 amide bonds. The maximum absolute atomic E-state index is 12.0. The van der Waals surface area contributed by atoms with Crippen LogP contribution >= 0.6 is 23.2 Å². The number of alkyl halides is 1. The van der Waals surface area contributed by atoms with Gasteiger partial charge in [-0.2, -0.15) is 0 Å². The van der Waals surface area contributed by atoms with Crippen molar-refractivity contribution in [3.8, 4) is 0 Å². The molecule has 0 aliphatic carbocycles. The van der Waals surface area contributed by atoms with Gasteiger partial charge < -0.3 is 5.32 Å². The highest BCUT2D eigenvalue weighted by atomic mass is 35.5. The lowest BCUT2D eigenvalue weighted by atomic mass is 10.2. The zero-order valence-electron chi connectivity index (χ0n) is 12.1. The SMILES string of the molecule is CN(CC(=O)N[C@@H]1CS(=O)(=O)C[C@@H]1Cl)Cc1ccc(Cl)cc1. The number of benzene rings is 1. The van der Waals surface area contributed by atoms with Crippen LogP contribution < -0.4 is 5.32 Å². The number of rotatable bonds is 5. The Kier molecular flexibility index (Phi) is 5.71. The number of hydrogen-bond donors (Lipinski definition) is 1. The number of nitrogens with zero attached hydrogens (tertiary/aromatic N) is 1. The highest BCUT2D eigenvalue weighted by Crippen LogP contribution is 2.18. The van der Waals surface area contributed by atoms with Gasteiger partial charge in [0.2, 0.25) is 5.91 Å². The molecule has 8 heteroatoms. The van der Waals surface area contributed by atoms with Gasteiger partial charge in [-0.15, -0.1) is 11.6 Å². The summed E-state index contributed by atoms with van der Waals surface area (Å²) in [6, 6.07) is 6.88. The minimum absolute atomic E-state index is 0.0832. The molecule has 0 saturated carbocycles. The fourth-order valence-corrected chi connectivity index (χ4v) is 5.07. The van der Waals surface area contributed by atoms with Gasteiger partial charge in [-0.05, 0) is 24.7 Å². The van der Waals surface area contributed by atoms with Crippen molar-refractivity contribution < 1.29 is 13.2 Å². The van der Waals surface area contributed by atoms with E-state index >= 15 is 0 Å². The lowest BCUT2D eigenvalue weighted by Gasteiger charge is -2.19. The molecule has 2 atom stereocenters. The van der Waals surface area contributed by atoms with Crippen molar-refractivity contribution in [2.75, 3.05) is 25.1 Å². The van der Waals surface area contributed by atoms with Crippen LogP contribution in [0.5, 0.6) is 0 Å². The summed E-state index contributed by atoms with van der Waals surface area (Å²) in [4.78, 5) is 13.8. The van der Waals surface area contributed by atoms with Crippen molar-refractivity contribution in [1.29, 1.82) is 0 Å². The molecule has 1 aromatic rings. The molecule has 0 aromatic heterocycles. The first-order valence-corrected chi connectivity index (χ1v) is 9.45. The molecule has 1 N–H and O–H groups in total. The van der Waals surface area contributed by atoms with Crippen molar-refractivity contribution in [2.24, 2.45) is 0 Å². The Morgan fingerprint density at radius 3 is 2.50 bits per heavy atom. The van der Waals surface area contributed by atoms with Crippen LogP contribution in [0.2, 0.25) is 5.02 Å². The highest BCUT2D eigenvalue weighted by Gasteiger charge is 2.37. The van der Waals surface area contributed by atoms with E-state index < -0.39 is 21.3 Å². The number of amides is 1. The van der Waals surface area contributed by atoms with E-state index in [0.717, 1.165) is 5.56 Å². The molecule has 0 radical (unpaired) electrons. The van der Waals surface area contributed by atoms with E-state index in [0.29, 0.717) is 11.6 Å². The smallest absolute Gasteiger partial charge is 0.234 e. The molecule has 1 saturated heterocycles. The zero-order chi connectivity index (χ0) is 16.3. The Hall–Kier alpha value is -0.820. The van der Waals surface area contributed by atoms with Crippen molar-refractivity contribution in [1.82, 2.24) is 10.2 Å². The van der Waals surface area contributed by atoms with Crippen molar-refractivity contribution >= 4 is 38.9 Å². The lowest BCUT2D eigenvalue weighted by molar-refractivity contribution is -0.122. The fraction of sp³-hybridized carbons (Fsp3) is 0.500. The Bertz CT molecular complexity index is 634. The average Bonchev–Trinajstić information content (AvgIpc) is 2.64. The van der Waals surface area contributed by atoms with Gasteiger partial charge in [0.05, 0.1) is 29.5 Å². The topological polar surface area (TPSA) is 66.5 Å². The van der Waals surface area contributed by atoms with E-state index in [-0.39, 0.29) is 24.0 Å². The van der Waals surface area contributed by atoms with Crippen molar-refractivity contribution in [3.63, 3.8) is 0 Å². The number of halogens is 2. The van der Waals surface area contributed by atoms with Crippen LogP contribution in [0.25, 0.3) is 0 Å². The molecule has 1 aliphatic rings. The van der Waals surface area contributed by atoms with Crippen LogP contribution in [0.4, 0.5) is 0 Å². The molecule has 1 aliphatic heterocycles. The van der Waals surface area contributed by atoms with Crippen molar-refractivity contribution in [2.45, 2.75) is 18.0 Å². The first-order chi connectivity index (χ1) is 10.2. The summed E-state index contributed by atoms with van der Waals surface area (Å²) >= 11 is 11.8. The third-order valence-electron chi connectivity index (χ3n) is 3.41. The summed E-state index contributed by atoms with van der Waals surface area (Å²) in [6.45, 7) is 0.765. The van der Waals surface area contributed by atoms with E-state index in [9.17, 15) is 13.2 Å². The molecule has 5 nitrogen and oxygen atoms in total. The molecular formula is C14H18Cl2N2O3S. The first-order valence-electron chi connectivity index (χ1n) is 6.82. The number of likely N-dealkylation sites (N-methyl/N-ethyl adjacent to an activating group) is 1. The molecule has 0 spiro atoms. The Labute approximate surface area is 140 Å². The minimum atomic E-state index is -3.14. The Morgan fingerprint density at radius 2 is 1.95 bits per heavy atom. The van der Waals surface area contributed by atoms with Gasteiger partial charge in [0, 0.05) is 11.6 Å². The largest absolute Gasteiger partial charge is 0.350 e. The highest BCUT2D eigenvalue weighted by molar-refractivity contribution is 7.91. The van der Waals surface area contributed by atoms with E-state index in [1.54, 1.807) is 12.1 Å². The van der Waals surface area contributed by atoms with E-state index in [1.165, 1.54) is 0 Å². The summed E-state index contributed by atoms with van der Waals surface area (Å²) in [7, 11) is -1.33. The van der Waals surface area contributed by atoms with Gasteiger partial charge in [0.15, 0.2) is 9.84 Å². The molecule has 122 valence electrons. The van der Waals surface area contributed by atoms with Gasteiger partial charge in [-0.25, -0.2) is 8.42 Å². The maximum atomic E-state index is 12.0. The molecule has 1 aromatic carbocycles. The second-order valence-electron chi connectivity index (χ2n) is 5.57. The van der Waals surface area contributed by atoms with E-state index in [4.69, 9.17) is 23.2 Å². The summed E-state index contributed by atoms with van der Waals surface area (Å²) in [5.41, 5.74) is 1.04. The third kappa shape index (κ3) is 5.12. The predicted molar refractivity (Wildman–Crippen MR) is 88.0 cm³/mol. The molecule has 0 bridgehead atoms. The van der Waals surface area contributed by atoms with Crippen LogP contribution in [0.1, 0.15) is 5.56 Å². The quantitative estimate of drug-likeness (QED) is 0.799. The minimum Gasteiger partial charge on any atom is -0.350 e. The molecule has 0 unspecified atom stereocenters. The standard InChI is InChI=1S/C14H18Cl2N2O3S/c1-18(6-10-2-4-11(15)5-3-10)7-14(19)17-13-9-22(20,21)8-12(13)16/h2-5,12-13H,6-9H2,1H3,(H,17,19)/t12-,13+/m0/s1. The monoisotopic (exact) mass is 364 g/mol. The number of sulfone groups is 1. The first kappa shape index (κ1) is 17.5. The second-order valence-corrected chi connectivity index (χ2v) is 8.72. The lowest BCUT2D eigenvalue weighted by Crippen LogP contribution is -2.44. The molecule has 1 heterocycles. The second kappa shape index (κ2) is 7.17. The van der Waals surface area contributed by atoms with Gasteiger partial charge in [0.1, 0.15) is 0 Å². The molecule has 1 fully saturated rings. The Morgan fingerprint density at radius 1 is 1.32 bits per heavy atom. The summed E-state index contributed by atoms with van der Waals surface area (Å²) < 4.78 is 22.9. The molecular weight excluding hydrogens is 347 g/mol. The van der Waals surface area contributed by atoms with Crippen LogP contribution in [-0.2, 0) is 21.2 Å². The van der Waals surface area contributed by atoms with Gasteiger partial charge >= 0.3 is 0 Å². The van der Waals surface area contributed by atoms with Crippen molar-refractivity contribution in [3.05, 3.63) is 34.9 Å². The van der Waals surface area contributed by atoms with Crippen LogP contribution in [0.15, 0.2) is 24.3 Å². The maximum Gasteiger partial charge on any atom is 0.234 e. The number of hydrogen-bond acceptors (Lipinski definition) is 4. The summed E-state index contributed by atoms with van der Waals surface area (Å²) in [5, 5.41) is 2.80.